The highest BCUT2D eigenvalue weighted by atomic mass is 16.5. The van der Waals surface area contributed by atoms with Crippen LogP contribution in [0.4, 0.5) is 0 Å². The van der Waals surface area contributed by atoms with Crippen LogP contribution in [0.15, 0.2) is 4.52 Å². The number of carbonyl (C=O) groups excluding carboxylic acids is 1. The molecule has 1 atom stereocenters. The molecule has 5 heteroatoms. The van der Waals surface area contributed by atoms with E-state index in [1.165, 1.54) is 0 Å². The minimum absolute atomic E-state index is 0.0183. The topological polar surface area (TPSA) is 59.2 Å². The predicted octanol–water partition coefficient (Wildman–Crippen LogP) is 1.75. The Hall–Kier alpha value is -1.23. The van der Waals surface area contributed by atoms with Gasteiger partial charge in [0.05, 0.1) is 12.6 Å². The molecule has 1 aromatic rings. The fourth-order valence-corrected chi connectivity index (χ4v) is 2.12. The van der Waals surface area contributed by atoms with Gasteiger partial charge in [0.15, 0.2) is 5.82 Å². The summed E-state index contributed by atoms with van der Waals surface area (Å²) < 4.78 is 5.16. The van der Waals surface area contributed by atoms with Gasteiger partial charge in [-0.2, -0.15) is 4.98 Å². The van der Waals surface area contributed by atoms with E-state index in [1.54, 1.807) is 0 Å². The maximum Gasteiger partial charge on any atom is 0.229 e. The first-order chi connectivity index (χ1) is 8.20. The van der Waals surface area contributed by atoms with Crippen LogP contribution in [0.1, 0.15) is 50.7 Å². The van der Waals surface area contributed by atoms with Gasteiger partial charge in [0.25, 0.3) is 0 Å². The number of piperidine rings is 1. The Morgan fingerprint density at radius 3 is 3.00 bits per heavy atom. The Morgan fingerprint density at radius 2 is 2.35 bits per heavy atom. The van der Waals surface area contributed by atoms with Crippen molar-refractivity contribution in [3.8, 4) is 0 Å². The van der Waals surface area contributed by atoms with Gasteiger partial charge in [0.2, 0.25) is 5.89 Å². The van der Waals surface area contributed by atoms with Crippen LogP contribution in [0.5, 0.6) is 0 Å². The fourth-order valence-electron chi connectivity index (χ4n) is 2.12. The Kier molecular flexibility index (Phi) is 3.89. The summed E-state index contributed by atoms with van der Waals surface area (Å²) in [5.41, 5.74) is 0. The summed E-state index contributed by atoms with van der Waals surface area (Å²) in [6.45, 7) is 5.59. The average Bonchev–Trinajstić information content (AvgIpc) is 2.78. The number of aldehydes is 1. The van der Waals surface area contributed by atoms with Gasteiger partial charge >= 0.3 is 0 Å². The van der Waals surface area contributed by atoms with E-state index in [2.05, 4.69) is 15.0 Å². The highest BCUT2D eigenvalue weighted by Crippen LogP contribution is 2.18. The minimum Gasteiger partial charge on any atom is -0.339 e. The Labute approximate surface area is 101 Å². The molecule has 0 saturated carbocycles. The monoisotopic (exact) mass is 237 g/mol. The molecule has 5 nitrogen and oxygen atoms in total. The molecule has 1 saturated heterocycles. The number of hydrogen-bond donors (Lipinski definition) is 0. The van der Waals surface area contributed by atoms with E-state index >= 15 is 0 Å². The first-order valence-corrected chi connectivity index (χ1v) is 6.22. The van der Waals surface area contributed by atoms with E-state index < -0.39 is 0 Å². The summed E-state index contributed by atoms with van der Waals surface area (Å²) in [5, 5.41) is 3.96. The van der Waals surface area contributed by atoms with Gasteiger partial charge in [0, 0.05) is 5.92 Å². The standard InChI is InChI=1S/C12H19N3O2/c1-9(2)12-13-11(14-17-12)7-15-6-4-3-5-10(15)8-16/h8-10H,3-7H2,1-2H3. The van der Waals surface area contributed by atoms with Crippen molar-refractivity contribution in [1.82, 2.24) is 15.0 Å². The molecule has 1 aliphatic rings. The molecule has 2 rings (SSSR count). The second-order valence-corrected chi connectivity index (χ2v) is 4.87. The van der Waals surface area contributed by atoms with E-state index in [1.807, 2.05) is 13.8 Å². The molecule has 0 amide bonds. The Morgan fingerprint density at radius 1 is 1.53 bits per heavy atom. The molecule has 0 bridgehead atoms. The number of nitrogens with zero attached hydrogens (tertiary/aromatic N) is 3. The maximum atomic E-state index is 11.0. The third-order valence-corrected chi connectivity index (χ3v) is 3.14. The van der Waals surface area contributed by atoms with Crippen molar-refractivity contribution in [2.24, 2.45) is 0 Å². The summed E-state index contributed by atoms with van der Waals surface area (Å²) >= 11 is 0. The molecule has 1 aliphatic heterocycles. The van der Waals surface area contributed by atoms with E-state index in [9.17, 15) is 4.79 Å². The van der Waals surface area contributed by atoms with Crippen molar-refractivity contribution in [1.29, 1.82) is 0 Å². The molecule has 94 valence electrons. The minimum atomic E-state index is 0.0183. The molecule has 1 fully saturated rings. The van der Waals surface area contributed by atoms with Crippen LogP contribution >= 0.6 is 0 Å². The molecule has 0 spiro atoms. The molecule has 0 aromatic carbocycles. The highest BCUT2D eigenvalue weighted by molar-refractivity contribution is 5.57. The predicted molar refractivity (Wildman–Crippen MR) is 62.5 cm³/mol. The molecule has 0 aliphatic carbocycles. The molecule has 1 unspecified atom stereocenters. The van der Waals surface area contributed by atoms with E-state index in [4.69, 9.17) is 4.52 Å². The largest absolute Gasteiger partial charge is 0.339 e. The van der Waals surface area contributed by atoms with Crippen molar-refractivity contribution in [3.63, 3.8) is 0 Å². The number of carbonyl (C=O) groups is 1. The Balaban J connectivity index is 2.00. The SMILES string of the molecule is CC(C)c1nc(CN2CCCCC2C=O)no1. The number of hydrogen-bond acceptors (Lipinski definition) is 5. The number of aromatic nitrogens is 2. The average molecular weight is 237 g/mol. The normalized spacial score (nSPS) is 21.9. The van der Waals surface area contributed by atoms with Gasteiger partial charge in [-0.15, -0.1) is 0 Å². The smallest absolute Gasteiger partial charge is 0.229 e. The van der Waals surface area contributed by atoms with Crippen LogP contribution < -0.4 is 0 Å². The second kappa shape index (κ2) is 5.40. The lowest BCUT2D eigenvalue weighted by Crippen LogP contribution is -2.40. The first-order valence-electron chi connectivity index (χ1n) is 6.22. The van der Waals surface area contributed by atoms with Crippen LogP contribution in [0, 0.1) is 0 Å². The summed E-state index contributed by atoms with van der Waals surface area (Å²) in [4.78, 5) is 17.4. The van der Waals surface area contributed by atoms with Crippen LogP contribution in [0.25, 0.3) is 0 Å². The van der Waals surface area contributed by atoms with Crippen molar-refractivity contribution in [2.45, 2.75) is 51.6 Å². The quantitative estimate of drug-likeness (QED) is 0.747. The summed E-state index contributed by atoms with van der Waals surface area (Å²) in [6.07, 6.45) is 4.24. The summed E-state index contributed by atoms with van der Waals surface area (Å²) in [7, 11) is 0. The van der Waals surface area contributed by atoms with Crippen LogP contribution in [0.3, 0.4) is 0 Å². The lowest BCUT2D eigenvalue weighted by atomic mass is 10.0. The van der Waals surface area contributed by atoms with Crippen LogP contribution in [-0.2, 0) is 11.3 Å². The first kappa shape index (κ1) is 12.2. The zero-order valence-corrected chi connectivity index (χ0v) is 10.4. The number of rotatable bonds is 4. The van der Waals surface area contributed by atoms with E-state index in [0.29, 0.717) is 18.3 Å². The van der Waals surface area contributed by atoms with E-state index in [0.717, 1.165) is 32.1 Å². The third-order valence-electron chi connectivity index (χ3n) is 3.14. The number of likely N-dealkylation sites (tertiary alicyclic amines) is 1. The lowest BCUT2D eigenvalue weighted by Gasteiger charge is -2.30. The van der Waals surface area contributed by atoms with Gasteiger partial charge in [-0.1, -0.05) is 25.4 Å². The van der Waals surface area contributed by atoms with Crippen LogP contribution in [-0.4, -0.2) is 33.9 Å². The molecule has 0 N–H and O–H groups in total. The van der Waals surface area contributed by atoms with Gasteiger partial charge in [-0.05, 0) is 19.4 Å². The van der Waals surface area contributed by atoms with E-state index in [-0.39, 0.29) is 12.0 Å². The fraction of sp³-hybridized carbons (Fsp3) is 0.750. The molecular formula is C12H19N3O2. The highest BCUT2D eigenvalue weighted by Gasteiger charge is 2.23. The van der Waals surface area contributed by atoms with Gasteiger partial charge in [-0.3, -0.25) is 4.90 Å². The zero-order valence-electron chi connectivity index (χ0n) is 10.4. The van der Waals surface area contributed by atoms with Gasteiger partial charge in [0.1, 0.15) is 6.29 Å². The Bertz CT molecular complexity index is 376. The third kappa shape index (κ3) is 2.91. The van der Waals surface area contributed by atoms with Gasteiger partial charge < -0.3 is 9.32 Å². The van der Waals surface area contributed by atoms with Crippen molar-refractivity contribution < 1.29 is 9.32 Å². The molecule has 2 heterocycles. The second-order valence-electron chi connectivity index (χ2n) is 4.87. The van der Waals surface area contributed by atoms with Crippen molar-refractivity contribution >= 4 is 6.29 Å². The van der Waals surface area contributed by atoms with Crippen molar-refractivity contribution in [3.05, 3.63) is 11.7 Å². The summed E-state index contributed by atoms with van der Waals surface area (Å²) in [6, 6.07) is 0.0183. The van der Waals surface area contributed by atoms with Gasteiger partial charge in [-0.25, -0.2) is 0 Å². The lowest BCUT2D eigenvalue weighted by molar-refractivity contribution is -0.113. The maximum absolute atomic E-state index is 11.0. The van der Waals surface area contributed by atoms with Crippen LogP contribution in [0.2, 0.25) is 0 Å². The molecule has 17 heavy (non-hydrogen) atoms. The molecule has 1 aromatic heterocycles. The van der Waals surface area contributed by atoms with Crippen molar-refractivity contribution in [2.75, 3.05) is 6.54 Å². The molecular weight excluding hydrogens is 218 g/mol. The zero-order chi connectivity index (χ0) is 12.3. The molecule has 0 radical (unpaired) electrons. The summed E-state index contributed by atoms with van der Waals surface area (Å²) in [5.74, 6) is 1.60.